The van der Waals surface area contributed by atoms with Gasteiger partial charge in [-0.3, -0.25) is 14.9 Å². The largest absolute Gasteiger partial charge is 0.490 e. The van der Waals surface area contributed by atoms with E-state index in [0.29, 0.717) is 53.8 Å². The molecule has 14 nitrogen and oxygen atoms in total. The number of azo groups is 2. The van der Waals surface area contributed by atoms with Gasteiger partial charge in [-0.05, 0) is 49.7 Å². The van der Waals surface area contributed by atoms with E-state index in [1.807, 2.05) is 24.3 Å². The van der Waals surface area contributed by atoms with Gasteiger partial charge in [-0.25, -0.2) is 0 Å². The summed E-state index contributed by atoms with van der Waals surface area (Å²) in [4.78, 5) is 25.1. The predicted molar refractivity (Wildman–Crippen MR) is 236 cm³/mol. The summed E-state index contributed by atoms with van der Waals surface area (Å²) in [6.45, 7) is 6.98. The monoisotopic (exact) mass is 817 g/mol. The van der Waals surface area contributed by atoms with Crippen LogP contribution < -0.4 is 25.8 Å². The number of esters is 1. The number of nitrogens with zero attached hydrogens (tertiary/aromatic N) is 6. The molecule has 0 atom stereocenters. The molecule has 324 valence electrons. The molecular formula is C45H68N8O6. The van der Waals surface area contributed by atoms with E-state index >= 15 is 0 Å². The summed E-state index contributed by atoms with van der Waals surface area (Å²) < 4.78 is 17.3. The zero-order chi connectivity index (χ0) is 42.3. The van der Waals surface area contributed by atoms with Crippen molar-refractivity contribution in [3.8, 4) is 11.5 Å². The molecule has 0 unspecified atom stereocenters. The second-order valence-electron chi connectivity index (χ2n) is 14.6. The minimum absolute atomic E-state index is 0.0473. The Hall–Kier alpha value is -4.95. The molecule has 3 rings (SSSR count). The fourth-order valence-electron chi connectivity index (χ4n) is 6.49. The average molecular weight is 817 g/mol. The van der Waals surface area contributed by atoms with Gasteiger partial charge in [0.2, 0.25) is 0 Å². The molecule has 0 aliphatic rings. The zero-order valence-corrected chi connectivity index (χ0v) is 35.5. The topological polar surface area (TPSA) is 193 Å². The van der Waals surface area contributed by atoms with E-state index in [1.54, 1.807) is 12.1 Å². The third kappa shape index (κ3) is 20.0. The second-order valence-corrected chi connectivity index (χ2v) is 14.6. The number of anilines is 1. The summed E-state index contributed by atoms with van der Waals surface area (Å²) in [5, 5.41) is 28.4. The summed E-state index contributed by atoms with van der Waals surface area (Å²) in [7, 11) is 0. The van der Waals surface area contributed by atoms with Gasteiger partial charge in [0.25, 0.3) is 5.69 Å². The normalized spacial score (nSPS) is 11.4. The van der Waals surface area contributed by atoms with Gasteiger partial charge in [-0.1, -0.05) is 103 Å². The summed E-state index contributed by atoms with van der Waals surface area (Å²) in [6, 6.07) is 16.6. The second kappa shape index (κ2) is 30.1. The van der Waals surface area contributed by atoms with E-state index in [4.69, 9.17) is 25.7 Å². The molecule has 3 aromatic rings. The summed E-state index contributed by atoms with van der Waals surface area (Å²) in [5.41, 5.74) is 14.1. The molecule has 0 aliphatic heterocycles. The third-order valence-corrected chi connectivity index (χ3v) is 9.85. The molecule has 0 amide bonds. The SMILES string of the molecule is CCCCCCCCCCCCCCCCCCC(=O)OCCN(CC)c1ccc(/N=N/c2cc(OCCN)c(/N=N/c3ccc([N+](=O)[O-])cc3)cc2OCCN)cc1. The number of unbranched alkanes of at least 4 members (excludes halogenated alkanes) is 15. The van der Waals surface area contributed by atoms with Crippen LogP contribution in [0, 0.1) is 10.1 Å². The van der Waals surface area contributed by atoms with Crippen LogP contribution in [-0.4, -0.2) is 56.9 Å². The number of ether oxygens (including phenoxy) is 3. The fraction of sp³-hybridized carbons (Fsp3) is 0.578. The standard InChI is InChI=1S/C45H68N8O6/c1-3-5-6-7-8-9-10-11-12-13-14-15-16-17-18-19-20-45(54)59-34-31-52(4-2)39-25-21-37(22-26-39)48-50-41-35-44(58-33-30-47)42(36-43(41)57-32-29-46)51-49-38-23-27-40(28-24-38)53(55)56/h21-28,35-36H,3-20,29-34,46-47H2,1-2H3/b50-48+,51-49+. The minimum Gasteiger partial charge on any atom is -0.490 e. The van der Waals surface area contributed by atoms with E-state index in [-0.39, 0.29) is 38.0 Å². The molecule has 4 N–H and O–H groups in total. The molecule has 0 heterocycles. The van der Waals surface area contributed by atoms with Crippen molar-refractivity contribution in [3.05, 3.63) is 70.8 Å². The Morgan fingerprint density at radius 2 is 1.07 bits per heavy atom. The first kappa shape index (κ1) is 48.4. The summed E-state index contributed by atoms with van der Waals surface area (Å²) in [6.07, 6.45) is 21.4. The van der Waals surface area contributed by atoms with Crippen LogP contribution >= 0.6 is 0 Å². The number of nitro groups is 1. The van der Waals surface area contributed by atoms with Gasteiger partial charge in [0, 0.05) is 56.0 Å². The molecule has 0 saturated heterocycles. The van der Waals surface area contributed by atoms with E-state index in [1.165, 1.54) is 114 Å². The van der Waals surface area contributed by atoms with Crippen LogP contribution in [0.3, 0.4) is 0 Å². The number of rotatable bonds is 33. The Labute approximate surface area is 351 Å². The van der Waals surface area contributed by atoms with Gasteiger partial charge in [0.1, 0.15) is 42.7 Å². The average Bonchev–Trinajstić information content (AvgIpc) is 3.25. The highest BCUT2D eigenvalue weighted by Gasteiger charge is 2.14. The Bertz CT molecular complexity index is 1670. The number of nitrogens with two attached hydrogens (primary N) is 2. The number of carbonyl (C=O) groups excluding carboxylic acids is 1. The van der Waals surface area contributed by atoms with E-state index in [2.05, 4.69) is 39.2 Å². The van der Waals surface area contributed by atoms with Crippen molar-refractivity contribution in [2.75, 3.05) is 50.9 Å². The lowest BCUT2D eigenvalue weighted by Gasteiger charge is -2.23. The third-order valence-electron chi connectivity index (χ3n) is 9.85. The number of hydrogen-bond donors (Lipinski definition) is 2. The Kier molecular flexibility index (Phi) is 24.7. The van der Waals surface area contributed by atoms with Crippen molar-refractivity contribution < 1.29 is 23.9 Å². The van der Waals surface area contributed by atoms with E-state index < -0.39 is 4.92 Å². The van der Waals surface area contributed by atoms with Crippen molar-refractivity contribution in [3.63, 3.8) is 0 Å². The van der Waals surface area contributed by atoms with Crippen LogP contribution in [0.25, 0.3) is 0 Å². The smallest absolute Gasteiger partial charge is 0.305 e. The van der Waals surface area contributed by atoms with Crippen LogP contribution in [0.15, 0.2) is 81.1 Å². The Balaban J connectivity index is 1.43. The van der Waals surface area contributed by atoms with Crippen LogP contribution in [0.5, 0.6) is 11.5 Å². The van der Waals surface area contributed by atoms with Gasteiger partial charge in [0.05, 0.1) is 22.8 Å². The molecule has 14 heteroatoms. The molecule has 0 radical (unpaired) electrons. The lowest BCUT2D eigenvalue weighted by molar-refractivity contribution is -0.384. The highest BCUT2D eigenvalue weighted by Crippen LogP contribution is 2.41. The maximum atomic E-state index is 12.4. The quantitative estimate of drug-likeness (QED) is 0.0198. The molecule has 59 heavy (non-hydrogen) atoms. The van der Waals surface area contributed by atoms with Gasteiger partial charge in [-0.15, -0.1) is 10.2 Å². The van der Waals surface area contributed by atoms with Gasteiger partial charge in [0.15, 0.2) is 0 Å². The van der Waals surface area contributed by atoms with E-state index in [0.717, 1.165) is 25.1 Å². The molecule has 0 fully saturated rings. The van der Waals surface area contributed by atoms with Crippen molar-refractivity contribution in [1.82, 2.24) is 0 Å². The van der Waals surface area contributed by atoms with Crippen LogP contribution in [0.1, 0.15) is 123 Å². The Morgan fingerprint density at radius 3 is 1.49 bits per heavy atom. The maximum absolute atomic E-state index is 12.4. The molecule has 3 aromatic carbocycles. The van der Waals surface area contributed by atoms with Gasteiger partial charge in [-0.2, -0.15) is 10.2 Å². The highest BCUT2D eigenvalue weighted by atomic mass is 16.6. The lowest BCUT2D eigenvalue weighted by atomic mass is 10.0. The van der Waals surface area contributed by atoms with Crippen molar-refractivity contribution in [2.24, 2.45) is 31.9 Å². The number of likely N-dealkylation sites (N-methyl/N-ethyl adjacent to an activating group) is 1. The minimum atomic E-state index is -0.480. The van der Waals surface area contributed by atoms with Crippen molar-refractivity contribution in [1.29, 1.82) is 0 Å². The number of benzene rings is 3. The molecule has 0 saturated carbocycles. The summed E-state index contributed by atoms with van der Waals surface area (Å²) >= 11 is 0. The Morgan fingerprint density at radius 1 is 0.627 bits per heavy atom. The fourth-order valence-corrected chi connectivity index (χ4v) is 6.49. The predicted octanol–water partition coefficient (Wildman–Crippen LogP) is 12.1. The molecule has 0 aromatic heterocycles. The molecular weight excluding hydrogens is 749 g/mol. The molecule has 0 spiro atoms. The first-order valence-corrected chi connectivity index (χ1v) is 21.8. The van der Waals surface area contributed by atoms with Crippen LogP contribution in [0.4, 0.5) is 34.1 Å². The first-order chi connectivity index (χ1) is 28.9. The lowest BCUT2D eigenvalue weighted by Crippen LogP contribution is -2.27. The first-order valence-electron chi connectivity index (χ1n) is 21.8. The maximum Gasteiger partial charge on any atom is 0.305 e. The van der Waals surface area contributed by atoms with Crippen molar-refractivity contribution in [2.45, 2.75) is 123 Å². The highest BCUT2D eigenvalue weighted by molar-refractivity contribution is 5.69. The zero-order valence-electron chi connectivity index (χ0n) is 35.5. The van der Waals surface area contributed by atoms with Gasteiger partial charge < -0.3 is 30.6 Å². The molecule has 0 bridgehead atoms. The number of carbonyl (C=O) groups is 1. The van der Waals surface area contributed by atoms with Gasteiger partial charge >= 0.3 is 5.97 Å². The number of non-ortho nitro benzene ring substituents is 1. The van der Waals surface area contributed by atoms with Crippen LogP contribution in [0.2, 0.25) is 0 Å². The number of hydrogen-bond acceptors (Lipinski definition) is 13. The van der Waals surface area contributed by atoms with Crippen LogP contribution in [-0.2, 0) is 9.53 Å². The number of nitro benzene ring substituents is 1. The van der Waals surface area contributed by atoms with Crippen molar-refractivity contribution >= 4 is 40.1 Å². The molecule has 0 aliphatic carbocycles. The van der Waals surface area contributed by atoms with E-state index in [9.17, 15) is 14.9 Å². The summed E-state index contributed by atoms with van der Waals surface area (Å²) in [5.74, 6) is 0.596.